The molecule has 3 rings (SSSR count). The highest BCUT2D eigenvalue weighted by Crippen LogP contribution is 2.17. The molecule has 0 fully saturated rings. The lowest BCUT2D eigenvalue weighted by Crippen LogP contribution is -2.31. The number of hydrogen-bond acceptors (Lipinski definition) is 4. The molecule has 0 saturated carbocycles. The van der Waals surface area contributed by atoms with Crippen molar-refractivity contribution in [3.63, 3.8) is 0 Å². The number of hydrogen-bond donors (Lipinski definition) is 0. The predicted octanol–water partition coefficient (Wildman–Crippen LogP) is 4.74. The van der Waals surface area contributed by atoms with E-state index in [1.807, 2.05) is 72.5 Å². The van der Waals surface area contributed by atoms with Crippen molar-refractivity contribution >= 4 is 17.7 Å². The maximum absolute atomic E-state index is 13.3. The summed E-state index contributed by atoms with van der Waals surface area (Å²) in [5, 5.41) is 0.653. The average Bonchev–Trinajstić information content (AvgIpc) is 2.68. The Morgan fingerprint density at radius 2 is 1.48 bits per heavy atom. The standard InChI is InChI=1S/C22H23N3OS/c1-3-27-22-23-17(2)14-20(24-22)21(26)25(15-18-10-6-4-7-11-18)16-19-12-8-5-9-13-19/h4-14H,3,15-16H2,1-2H3. The number of benzene rings is 2. The summed E-state index contributed by atoms with van der Waals surface area (Å²) in [6, 6.07) is 21.8. The summed E-state index contributed by atoms with van der Waals surface area (Å²) in [6.45, 7) is 5.02. The molecular formula is C22H23N3OS. The van der Waals surface area contributed by atoms with Gasteiger partial charge in [-0.15, -0.1) is 0 Å². The zero-order valence-electron chi connectivity index (χ0n) is 15.6. The molecular weight excluding hydrogens is 354 g/mol. The van der Waals surface area contributed by atoms with Gasteiger partial charge in [0.15, 0.2) is 5.16 Å². The van der Waals surface area contributed by atoms with Crippen LogP contribution in [0.5, 0.6) is 0 Å². The predicted molar refractivity (Wildman–Crippen MR) is 110 cm³/mol. The van der Waals surface area contributed by atoms with Crippen molar-refractivity contribution in [2.75, 3.05) is 5.75 Å². The fourth-order valence-electron chi connectivity index (χ4n) is 2.81. The summed E-state index contributed by atoms with van der Waals surface area (Å²) in [5.74, 6) is 0.792. The molecule has 27 heavy (non-hydrogen) atoms. The number of aromatic nitrogens is 2. The Bertz CT molecular complexity index is 843. The van der Waals surface area contributed by atoms with E-state index in [-0.39, 0.29) is 5.91 Å². The topological polar surface area (TPSA) is 46.1 Å². The van der Waals surface area contributed by atoms with Gasteiger partial charge in [0.2, 0.25) is 0 Å². The van der Waals surface area contributed by atoms with Crippen LogP contribution in [0.1, 0.15) is 34.2 Å². The molecule has 0 bridgehead atoms. The monoisotopic (exact) mass is 377 g/mol. The van der Waals surface area contributed by atoms with Crippen LogP contribution in [0.2, 0.25) is 0 Å². The number of nitrogens with zero attached hydrogens (tertiary/aromatic N) is 3. The minimum atomic E-state index is -0.0776. The maximum Gasteiger partial charge on any atom is 0.273 e. The third-order valence-corrected chi connectivity index (χ3v) is 4.78. The van der Waals surface area contributed by atoms with Gasteiger partial charge in [-0.1, -0.05) is 79.3 Å². The molecule has 0 aliphatic carbocycles. The number of carbonyl (C=O) groups is 1. The number of amides is 1. The molecule has 5 heteroatoms. The highest BCUT2D eigenvalue weighted by Gasteiger charge is 2.19. The minimum absolute atomic E-state index is 0.0776. The Labute approximate surface area is 164 Å². The molecule has 3 aromatic rings. The third kappa shape index (κ3) is 5.41. The zero-order valence-corrected chi connectivity index (χ0v) is 16.4. The summed E-state index contributed by atoms with van der Waals surface area (Å²) in [4.78, 5) is 24.0. The highest BCUT2D eigenvalue weighted by molar-refractivity contribution is 7.99. The van der Waals surface area contributed by atoms with Crippen LogP contribution in [-0.4, -0.2) is 26.5 Å². The van der Waals surface area contributed by atoms with E-state index in [9.17, 15) is 4.79 Å². The van der Waals surface area contributed by atoms with Crippen molar-refractivity contribution in [1.82, 2.24) is 14.9 Å². The maximum atomic E-state index is 13.3. The second-order valence-corrected chi connectivity index (χ2v) is 7.47. The molecule has 4 nitrogen and oxygen atoms in total. The smallest absolute Gasteiger partial charge is 0.273 e. The summed E-state index contributed by atoms with van der Waals surface area (Å²) < 4.78 is 0. The Morgan fingerprint density at radius 1 is 0.926 bits per heavy atom. The van der Waals surface area contributed by atoms with Crippen LogP contribution in [0.15, 0.2) is 71.9 Å². The molecule has 0 spiro atoms. The second kappa shape index (κ2) is 9.33. The first-order valence-electron chi connectivity index (χ1n) is 9.01. The number of thioether (sulfide) groups is 1. The fraction of sp³-hybridized carbons (Fsp3) is 0.227. The lowest BCUT2D eigenvalue weighted by molar-refractivity contribution is 0.0722. The SMILES string of the molecule is CCSc1nc(C)cc(C(=O)N(Cc2ccccc2)Cc2ccccc2)n1. The van der Waals surface area contributed by atoms with E-state index in [4.69, 9.17) is 0 Å². The molecule has 1 heterocycles. The second-order valence-electron chi connectivity index (χ2n) is 6.24. The Balaban J connectivity index is 1.90. The first kappa shape index (κ1) is 19.1. The van der Waals surface area contributed by atoms with E-state index in [1.165, 1.54) is 0 Å². The van der Waals surface area contributed by atoms with Gasteiger partial charge in [0.05, 0.1) is 0 Å². The van der Waals surface area contributed by atoms with Gasteiger partial charge in [-0.3, -0.25) is 4.79 Å². The van der Waals surface area contributed by atoms with Gasteiger partial charge in [0.1, 0.15) is 5.69 Å². The van der Waals surface area contributed by atoms with Crippen molar-refractivity contribution in [2.45, 2.75) is 32.1 Å². The van der Waals surface area contributed by atoms with Gasteiger partial charge in [0, 0.05) is 18.8 Å². The Morgan fingerprint density at radius 3 is 2.00 bits per heavy atom. The van der Waals surface area contributed by atoms with Crippen LogP contribution in [0.3, 0.4) is 0 Å². The molecule has 0 aliphatic rings. The first-order valence-corrected chi connectivity index (χ1v) is 10.00. The Hall–Kier alpha value is -2.66. The lowest BCUT2D eigenvalue weighted by Gasteiger charge is -2.23. The number of aryl methyl sites for hydroxylation is 1. The quantitative estimate of drug-likeness (QED) is 0.441. The molecule has 1 amide bonds. The molecule has 0 unspecified atom stereocenters. The van der Waals surface area contributed by atoms with Gasteiger partial charge in [-0.25, -0.2) is 9.97 Å². The minimum Gasteiger partial charge on any atom is -0.329 e. The lowest BCUT2D eigenvalue weighted by atomic mass is 10.1. The molecule has 138 valence electrons. The van der Waals surface area contributed by atoms with Crippen LogP contribution in [0.25, 0.3) is 0 Å². The van der Waals surface area contributed by atoms with Crippen molar-refractivity contribution in [2.24, 2.45) is 0 Å². The zero-order chi connectivity index (χ0) is 19.1. The number of rotatable bonds is 7. The largest absolute Gasteiger partial charge is 0.329 e. The fourth-order valence-corrected chi connectivity index (χ4v) is 3.44. The van der Waals surface area contributed by atoms with Gasteiger partial charge in [-0.05, 0) is 29.9 Å². The van der Waals surface area contributed by atoms with E-state index >= 15 is 0 Å². The summed E-state index contributed by atoms with van der Waals surface area (Å²) in [7, 11) is 0. The molecule has 0 atom stereocenters. The van der Waals surface area contributed by atoms with Crippen molar-refractivity contribution in [3.8, 4) is 0 Å². The summed E-state index contributed by atoms with van der Waals surface area (Å²) >= 11 is 1.55. The van der Waals surface area contributed by atoms with Crippen molar-refractivity contribution in [3.05, 3.63) is 89.2 Å². The highest BCUT2D eigenvalue weighted by atomic mass is 32.2. The van der Waals surface area contributed by atoms with Crippen LogP contribution in [0.4, 0.5) is 0 Å². The molecule has 0 aliphatic heterocycles. The van der Waals surface area contributed by atoms with Crippen molar-refractivity contribution in [1.29, 1.82) is 0 Å². The first-order chi connectivity index (χ1) is 13.2. The molecule has 1 aromatic heterocycles. The Kier molecular flexibility index (Phi) is 6.60. The van der Waals surface area contributed by atoms with E-state index in [0.29, 0.717) is 23.9 Å². The molecule has 0 radical (unpaired) electrons. The van der Waals surface area contributed by atoms with Crippen LogP contribution in [-0.2, 0) is 13.1 Å². The molecule has 2 aromatic carbocycles. The average molecular weight is 378 g/mol. The van der Waals surface area contributed by atoms with Gasteiger partial charge in [-0.2, -0.15) is 0 Å². The third-order valence-electron chi connectivity index (χ3n) is 4.05. The summed E-state index contributed by atoms with van der Waals surface area (Å²) in [6.07, 6.45) is 0. The number of carbonyl (C=O) groups excluding carboxylic acids is 1. The van der Waals surface area contributed by atoms with Crippen LogP contribution >= 0.6 is 11.8 Å². The van der Waals surface area contributed by atoms with Gasteiger partial charge >= 0.3 is 0 Å². The van der Waals surface area contributed by atoms with Crippen LogP contribution in [0, 0.1) is 6.92 Å². The molecule has 0 N–H and O–H groups in total. The molecule has 0 saturated heterocycles. The summed E-state index contributed by atoms with van der Waals surface area (Å²) in [5.41, 5.74) is 3.44. The van der Waals surface area contributed by atoms with E-state index in [0.717, 1.165) is 22.6 Å². The van der Waals surface area contributed by atoms with Gasteiger partial charge < -0.3 is 4.90 Å². The van der Waals surface area contributed by atoms with Crippen LogP contribution < -0.4 is 0 Å². The van der Waals surface area contributed by atoms with E-state index < -0.39 is 0 Å². The van der Waals surface area contributed by atoms with Gasteiger partial charge in [0.25, 0.3) is 5.91 Å². The van der Waals surface area contributed by atoms with Crippen molar-refractivity contribution < 1.29 is 4.79 Å². The normalized spacial score (nSPS) is 10.6. The van der Waals surface area contributed by atoms with E-state index in [1.54, 1.807) is 17.8 Å². The van der Waals surface area contributed by atoms with E-state index in [2.05, 4.69) is 16.9 Å².